The predicted molar refractivity (Wildman–Crippen MR) is 36.4 cm³/mol. The van der Waals surface area contributed by atoms with Gasteiger partial charge in [0.1, 0.15) is 11.5 Å². The zero-order valence-corrected chi connectivity index (χ0v) is 6.46. The van der Waals surface area contributed by atoms with Crippen molar-refractivity contribution in [2.45, 2.75) is 11.1 Å². The van der Waals surface area contributed by atoms with Gasteiger partial charge >= 0.3 is 6.18 Å². The molecule has 0 aromatic carbocycles. The van der Waals surface area contributed by atoms with Gasteiger partial charge in [0.05, 0.1) is 4.90 Å². The second-order valence-corrected chi connectivity index (χ2v) is 2.50. The van der Waals surface area contributed by atoms with Gasteiger partial charge in [0.25, 0.3) is 0 Å². The maximum atomic E-state index is 12.5. The van der Waals surface area contributed by atoms with Gasteiger partial charge in [0.15, 0.2) is 0 Å². The molecule has 0 N–H and O–H groups in total. The van der Waals surface area contributed by atoms with Crippen LogP contribution in [0.1, 0.15) is 5.69 Å². The lowest BCUT2D eigenvalue weighted by molar-refractivity contribution is -0.141. The van der Waals surface area contributed by atoms with E-state index in [0.29, 0.717) is 6.07 Å². The van der Waals surface area contributed by atoms with E-state index in [4.69, 9.17) is 0 Å². The first-order chi connectivity index (χ1) is 5.41. The minimum absolute atomic E-state index is 0.206. The smallest absolute Gasteiger partial charge is 0.250 e. The van der Waals surface area contributed by atoms with Crippen molar-refractivity contribution in [3.05, 3.63) is 23.8 Å². The van der Waals surface area contributed by atoms with Gasteiger partial charge in [-0.05, 0) is 0 Å². The third-order valence-electron chi connectivity index (χ3n) is 1.12. The summed E-state index contributed by atoms with van der Waals surface area (Å²) in [6.45, 7) is 0. The van der Waals surface area contributed by atoms with E-state index in [-0.39, 0.29) is 4.90 Å². The SMILES string of the molecule is Fc1cc(C(F)(F)F)ncc1S. The molecule has 1 heterocycles. The third-order valence-corrected chi connectivity index (χ3v) is 1.45. The van der Waals surface area contributed by atoms with Crippen molar-refractivity contribution >= 4 is 12.6 Å². The van der Waals surface area contributed by atoms with Crippen LogP contribution in [0.3, 0.4) is 0 Å². The van der Waals surface area contributed by atoms with Crippen molar-refractivity contribution in [1.29, 1.82) is 0 Å². The maximum Gasteiger partial charge on any atom is 0.433 e. The number of rotatable bonds is 0. The quantitative estimate of drug-likeness (QED) is 0.498. The van der Waals surface area contributed by atoms with Crippen molar-refractivity contribution < 1.29 is 17.6 Å². The molecule has 0 fully saturated rings. The topological polar surface area (TPSA) is 12.9 Å². The van der Waals surface area contributed by atoms with Crippen LogP contribution in [0, 0.1) is 5.82 Å². The normalized spacial score (nSPS) is 11.8. The van der Waals surface area contributed by atoms with Gasteiger partial charge in [-0.3, -0.25) is 4.98 Å². The molecule has 1 aromatic heterocycles. The Balaban J connectivity index is 3.14. The van der Waals surface area contributed by atoms with Gasteiger partial charge in [-0.1, -0.05) is 0 Å². The van der Waals surface area contributed by atoms with Crippen molar-refractivity contribution in [3.63, 3.8) is 0 Å². The lowest BCUT2D eigenvalue weighted by atomic mass is 10.3. The first-order valence-corrected chi connectivity index (χ1v) is 3.27. The maximum absolute atomic E-state index is 12.5. The van der Waals surface area contributed by atoms with E-state index in [2.05, 4.69) is 17.6 Å². The molecule has 6 heteroatoms. The van der Waals surface area contributed by atoms with Gasteiger partial charge in [-0.25, -0.2) is 4.39 Å². The number of pyridine rings is 1. The number of aromatic nitrogens is 1. The fourth-order valence-electron chi connectivity index (χ4n) is 0.579. The minimum Gasteiger partial charge on any atom is -0.250 e. The van der Waals surface area contributed by atoms with Crippen LogP contribution >= 0.6 is 12.6 Å². The van der Waals surface area contributed by atoms with Gasteiger partial charge in [0.2, 0.25) is 0 Å². The van der Waals surface area contributed by atoms with E-state index >= 15 is 0 Å². The second-order valence-electron chi connectivity index (χ2n) is 2.02. The highest BCUT2D eigenvalue weighted by atomic mass is 32.1. The van der Waals surface area contributed by atoms with E-state index in [9.17, 15) is 17.6 Å². The van der Waals surface area contributed by atoms with Crippen molar-refractivity contribution in [2.24, 2.45) is 0 Å². The summed E-state index contributed by atoms with van der Waals surface area (Å²) in [6.07, 6.45) is -3.89. The van der Waals surface area contributed by atoms with E-state index in [1.54, 1.807) is 0 Å². The Morgan fingerprint density at radius 1 is 1.33 bits per heavy atom. The highest BCUT2D eigenvalue weighted by Gasteiger charge is 2.32. The molecule has 0 radical (unpaired) electrons. The fourth-order valence-corrected chi connectivity index (χ4v) is 0.701. The van der Waals surface area contributed by atoms with Crippen LogP contribution in [0.5, 0.6) is 0 Å². The largest absolute Gasteiger partial charge is 0.433 e. The number of nitrogens with zero attached hydrogens (tertiary/aromatic N) is 1. The number of hydrogen-bond acceptors (Lipinski definition) is 2. The van der Waals surface area contributed by atoms with Crippen LogP contribution in [0.4, 0.5) is 17.6 Å². The fraction of sp³-hybridized carbons (Fsp3) is 0.167. The van der Waals surface area contributed by atoms with Crippen LogP contribution in [0.25, 0.3) is 0 Å². The average Bonchev–Trinajstić information content (AvgIpc) is 1.92. The lowest BCUT2D eigenvalue weighted by Crippen LogP contribution is -2.08. The summed E-state index contributed by atoms with van der Waals surface area (Å²) in [4.78, 5) is 2.76. The minimum atomic E-state index is -4.61. The monoisotopic (exact) mass is 197 g/mol. The van der Waals surface area contributed by atoms with Gasteiger partial charge in [-0.15, -0.1) is 12.6 Å². The summed E-state index contributed by atoms with van der Waals surface area (Å²) in [5.74, 6) is -1.03. The summed E-state index contributed by atoms with van der Waals surface area (Å²) in [5, 5.41) is 0. The first kappa shape index (κ1) is 9.31. The van der Waals surface area contributed by atoms with Gasteiger partial charge < -0.3 is 0 Å². The highest BCUT2D eigenvalue weighted by Crippen LogP contribution is 2.28. The van der Waals surface area contributed by atoms with E-state index < -0.39 is 17.7 Å². The molecule has 1 aromatic rings. The molecule has 0 saturated carbocycles. The molecule has 0 spiro atoms. The second kappa shape index (κ2) is 2.93. The summed E-state index contributed by atoms with van der Waals surface area (Å²) < 4.78 is 48.0. The van der Waals surface area contributed by atoms with Crippen molar-refractivity contribution in [3.8, 4) is 0 Å². The number of halogens is 4. The molecule has 0 amide bonds. The zero-order chi connectivity index (χ0) is 9.35. The average molecular weight is 197 g/mol. The Bertz CT molecular complexity index is 296. The molecular weight excluding hydrogens is 194 g/mol. The molecule has 12 heavy (non-hydrogen) atoms. The van der Waals surface area contributed by atoms with Crippen LogP contribution in [0.15, 0.2) is 17.2 Å². The molecule has 0 bridgehead atoms. The molecule has 0 aliphatic heterocycles. The summed E-state index contributed by atoms with van der Waals surface area (Å²) in [5.41, 5.74) is -1.25. The number of hydrogen-bond donors (Lipinski definition) is 1. The van der Waals surface area contributed by atoms with Crippen LogP contribution in [-0.2, 0) is 6.18 Å². The molecule has 0 saturated heterocycles. The molecule has 1 nitrogen and oxygen atoms in total. The Hall–Kier alpha value is -0.780. The molecule has 0 aliphatic carbocycles. The molecule has 1 rings (SSSR count). The highest BCUT2D eigenvalue weighted by molar-refractivity contribution is 7.80. The van der Waals surface area contributed by atoms with E-state index in [1.165, 1.54) is 0 Å². The summed E-state index contributed by atoms with van der Waals surface area (Å²) >= 11 is 3.54. The Morgan fingerprint density at radius 3 is 2.33 bits per heavy atom. The number of alkyl halides is 3. The summed E-state index contributed by atoms with van der Waals surface area (Å²) in [7, 11) is 0. The van der Waals surface area contributed by atoms with Crippen LogP contribution in [-0.4, -0.2) is 4.98 Å². The van der Waals surface area contributed by atoms with E-state index in [0.717, 1.165) is 6.20 Å². The van der Waals surface area contributed by atoms with Crippen molar-refractivity contribution in [2.75, 3.05) is 0 Å². The standard InChI is InChI=1S/C6H3F4NS/c7-3-1-5(6(8,9)10)11-2-4(3)12/h1-2,12H. The molecule has 66 valence electrons. The Labute approximate surface area is 70.8 Å². The van der Waals surface area contributed by atoms with E-state index in [1.807, 2.05) is 0 Å². The lowest BCUT2D eigenvalue weighted by Gasteiger charge is -2.04. The van der Waals surface area contributed by atoms with Crippen LogP contribution < -0.4 is 0 Å². The molecular formula is C6H3F4NS. The molecule has 0 atom stereocenters. The van der Waals surface area contributed by atoms with Gasteiger partial charge in [-0.2, -0.15) is 13.2 Å². The zero-order valence-electron chi connectivity index (χ0n) is 5.56. The molecule has 0 unspecified atom stereocenters. The Morgan fingerprint density at radius 2 is 1.92 bits per heavy atom. The first-order valence-electron chi connectivity index (χ1n) is 2.83. The van der Waals surface area contributed by atoms with Gasteiger partial charge in [0, 0.05) is 12.3 Å². The summed E-state index contributed by atoms with van der Waals surface area (Å²) in [6, 6.07) is 0.308. The predicted octanol–water partition coefficient (Wildman–Crippen LogP) is 2.53. The molecule has 0 aliphatic rings. The Kier molecular flexibility index (Phi) is 2.27. The van der Waals surface area contributed by atoms with Crippen molar-refractivity contribution in [1.82, 2.24) is 4.98 Å². The van der Waals surface area contributed by atoms with Crippen LogP contribution in [0.2, 0.25) is 0 Å². The number of thiol groups is 1. The third kappa shape index (κ3) is 1.88.